The number of hydrogen-bond acceptors (Lipinski definition) is 8. The molecule has 2 amide bonds. The van der Waals surface area contributed by atoms with E-state index in [0.29, 0.717) is 12.5 Å². The maximum Gasteiger partial charge on any atom is 0.313 e. The van der Waals surface area contributed by atoms with Gasteiger partial charge in [0.25, 0.3) is 11.3 Å². The average Bonchev–Trinajstić information content (AvgIpc) is 3.51. The minimum absolute atomic E-state index is 0.141. The number of nitrogens with one attached hydrogen (secondary N) is 2. The number of likely N-dealkylation sites (tertiary alicyclic amines) is 2. The quantitative estimate of drug-likeness (QED) is 0.395. The zero-order chi connectivity index (χ0) is 25.5. The lowest BCUT2D eigenvalue weighted by Crippen LogP contribution is -2.44. The van der Waals surface area contributed by atoms with Gasteiger partial charge in [0.15, 0.2) is 0 Å². The van der Waals surface area contributed by atoms with E-state index in [-0.39, 0.29) is 22.8 Å². The molecule has 37 heavy (non-hydrogen) atoms. The Morgan fingerprint density at radius 3 is 2.81 bits per heavy atom. The van der Waals surface area contributed by atoms with Gasteiger partial charge in [-0.15, -0.1) is 11.3 Å². The highest BCUT2D eigenvalue weighted by Crippen LogP contribution is 2.37. The summed E-state index contributed by atoms with van der Waals surface area (Å²) in [5.41, 5.74) is 1.92. The highest BCUT2D eigenvalue weighted by atomic mass is 32.1. The molecule has 1 unspecified atom stereocenters. The van der Waals surface area contributed by atoms with Crippen LogP contribution < -0.4 is 10.9 Å². The molecular weight excluding hydrogens is 492 g/mol. The Morgan fingerprint density at radius 1 is 1.14 bits per heavy atom. The Kier molecular flexibility index (Phi) is 6.25. The lowest BCUT2D eigenvalue weighted by atomic mass is 9.94. The van der Waals surface area contributed by atoms with E-state index < -0.39 is 17.4 Å². The summed E-state index contributed by atoms with van der Waals surface area (Å²) < 4.78 is 6.10. The Bertz CT molecular complexity index is 1530. The van der Waals surface area contributed by atoms with Gasteiger partial charge >= 0.3 is 11.8 Å². The predicted molar refractivity (Wildman–Crippen MR) is 141 cm³/mol. The molecule has 11 heteroatoms. The maximum atomic E-state index is 13.3. The Morgan fingerprint density at radius 2 is 1.97 bits per heavy atom. The fourth-order valence-electron chi connectivity index (χ4n) is 5.35. The van der Waals surface area contributed by atoms with Crippen molar-refractivity contribution in [2.75, 3.05) is 32.0 Å². The number of thiazole rings is 1. The van der Waals surface area contributed by atoms with Gasteiger partial charge in [0.05, 0.1) is 33.2 Å². The molecule has 2 fully saturated rings. The summed E-state index contributed by atoms with van der Waals surface area (Å²) in [6, 6.07) is 7.50. The van der Waals surface area contributed by atoms with Crippen LogP contribution in [0.25, 0.3) is 21.3 Å². The van der Waals surface area contributed by atoms with Crippen molar-refractivity contribution in [3.8, 4) is 0 Å². The van der Waals surface area contributed by atoms with E-state index in [2.05, 4.69) is 45.6 Å². The van der Waals surface area contributed by atoms with Crippen LogP contribution in [0, 0.1) is 0 Å². The van der Waals surface area contributed by atoms with Crippen molar-refractivity contribution in [1.82, 2.24) is 24.9 Å². The van der Waals surface area contributed by atoms with Gasteiger partial charge in [-0.25, -0.2) is 9.97 Å². The first-order valence-electron chi connectivity index (χ1n) is 12.6. The molecule has 2 N–H and O–H groups in total. The molecule has 0 aliphatic carbocycles. The Labute approximate surface area is 216 Å². The SMILES string of the molecule is CN1CCC(c2nc3cc(C4CCCCN4C(=O)C(=O)Nc4cnc5o[nH]c(=O)c5c4)ccc3s2)CC1. The van der Waals surface area contributed by atoms with E-state index >= 15 is 0 Å². The summed E-state index contributed by atoms with van der Waals surface area (Å²) in [7, 11) is 2.16. The average molecular weight is 521 g/mol. The van der Waals surface area contributed by atoms with Crippen LogP contribution in [0.4, 0.5) is 5.69 Å². The monoisotopic (exact) mass is 520 g/mol. The van der Waals surface area contributed by atoms with E-state index in [4.69, 9.17) is 9.51 Å². The number of piperidine rings is 2. The first kappa shape index (κ1) is 23.8. The van der Waals surface area contributed by atoms with E-state index in [1.165, 1.54) is 17.3 Å². The first-order valence-corrected chi connectivity index (χ1v) is 13.5. The number of anilines is 1. The number of H-pyrrole nitrogens is 1. The maximum absolute atomic E-state index is 13.3. The van der Waals surface area contributed by atoms with Crippen molar-refractivity contribution in [2.24, 2.45) is 0 Å². The van der Waals surface area contributed by atoms with Gasteiger partial charge in [-0.05, 0) is 76.0 Å². The number of carbonyl (C=O) groups is 2. The highest BCUT2D eigenvalue weighted by Gasteiger charge is 2.32. The second-order valence-corrected chi connectivity index (χ2v) is 11.0. The molecule has 4 aromatic rings. The number of amides is 2. The van der Waals surface area contributed by atoms with Crippen LogP contribution in [0.15, 0.2) is 39.8 Å². The third-order valence-electron chi connectivity index (χ3n) is 7.43. The Balaban J connectivity index is 1.21. The summed E-state index contributed by atoms with van der Waals surface area (Å²) >= 11 is 1.76. The summed E-state index contributed by atoms with van der Waals surface area (Å²) in [4.78, 5) is 51.0. The van der Waals surface area contributed by atoms with Crippen LogP contribution in [-0.4, -0.2) is 63.4 Å². The molecular formula is C26H28N6O4S. The van der Waals surface area contributed by atoms with E-state index in [9.17, 15) is 14.4 Å². The zero-order valence-electron chi connectivity index (χ0n) is 20.5. The molecule has 192 valence electrons. The zero-order valence-corrected chi connectivity index (χ0v) is 21.3. The van der Waals surface area contributed by atoms with Crippen LogP contribution in [0.2, 0.25) is 0 Å². The largest absolute Gasteiger partial charge is 0.358 e. The molecule has 6 rings (SSSR count). The predicted octanol–water partition coefficient (Wildman–Crippen LogP) is 3.63. The van der Waals surface area contributed by atoms with Crippen LogP contribution in [0.1, 0.15) is 54.6 Å². The molecule has 2 aliphatic rings. The van der Waals surface area contributed by atoms with E-state index in [1.54, 1.807) is 16.2 Å². The molecule has 5 heterocycles. The van der Waals surface area contributed by atoms with Crippen molar-refractivity contribution in [3.63, 3.8) is 0 Å². The number of aromatic amines is 1. The molecule has 3 aromatic heterocycles. The van der Waals surface area contributed by atoms with Gasteiger partial charge in [0.2, 0.25) is 0 Å². The lowest BCUT2D eigenvalue weighted by Gasteiger charge is -2.35. The Hall–Kier alpha value is -3.57. The number of nitrogens with zero attached hydrogens (tertiary/aromatic N) is 4. The first-order chi connectivity index (χ1) is 18.0. The van der Waals surface area contributed by atoms with Crippen LogP contribution >= 0.6 is 11.3 Å². The summed E-state index contributed by atoms with van der Waals surface area (Å²) in [5.74, 6) is -0.858. The van der Waals surface area contributed by atoms with Gasteiger partial charge in [-0.1, -0.05) is 6.07 Å². The highest BCUT2D eigenvalue weighted by molar-refractivity contribution is 7.18. The number of hydrogen-bond donors (Lipinski definition) is 2. The normalized spacial score (nSPS) is 19.5. The minimum Gasteiger partial charge on any atom is -0.358 e. The molecule has 2 aliphatic heterocycles. The van der Waals surface area contributed by atoms with Crippen LogP contribution in [-0.2, 0) is 9.59 Å². The summed E-state index contributed by atoms with van der Waals surface area (Å²) in [6.45, 7) is 2.69. The van der Waals surface area contributed by atoms with Gasteiger partial charge < -0.3 is 19.6 Å². The molecule has 0 radical (unpaired) electrons. The fraction of sp³-hybridized carbons (Fsp3) is 0.423. The molecule has 1 atom stereocenters. The van der Waals surface area contributed by atoms with Crippen molar-refractivity contribution in [2.45, 2.75) is 44.1 Å². The minimum atomic E-state index is -0.757. The number of fused-ring (bicyclic) bond motifs is 2. The van der Waals surface area contributed by atoms with E-state index in [0.717, 1.165) is 61.0 Å². The van der Waals surface area contributed by atoms with Crippen LogP contribution in [0.5, 0.6) is 0 Å². The topological polar surface area (TPSA) is 124 Å². The standard InChI is InChI=1S/C26H28N6O4S/c1-31-10-7-15(8-11-31)25-29-19-12-16(5-6-21(19)37-25)20-4-2-3-9-32(20)26(35)23(34)28-17-13-18-22(33)30-36-24(18)27-14-17/h5-6,12-15,20H,2-4,7-11H2,1H3,(H,28,34)(H,30,33). The van der Waals surface area contributed by atoms with Gasteiger partial charge in [-0.2, -0.15) is 5.16 Å². The molecule has 2 saturated heterocycles. The number of pyridine rings is 1. The van der Waals surface area contributed by atoms with Crippen molar-refractivity contribution in [3.05, 3.63) is 51.4 Å². The van der Waals surface area contributed by atoms with Crippen molar-refractivity contribution < 1.29 is 14.1 Å². The second kappa shape index (κ2) is 9.71. The summed E-state index contributed by atoms with van der Waals surface area (Å²) in [5, 5.41) is 6.19. The van der Waals surface area contributed by atoms with Crippen LogP contribution in [0.3, 0.4) is 0 Å². The van der Waals surface area contributed by atoms with Gasteiger partial charge in [0, 0.05) is 12.5 Å². The third-order valence-corrected chi connectivity index (χ3v) is 8.63. The number of aromatic nitrogens is 3. The van der Waals surface area contributed by atoms with Gasteiger partial charge in [0.1, 0.15) is 5.39 Å². The van der Waals surface area contributed by atoms with Crippen molar-refractivity contribution in [1.29, 1.82) is 0 Å². The second-order valence-electron chi connectivity index (χ2n) is 9.93. The molecule has 10 nitrogen and oxygen atoms in total. The smallest absolute Gasteiger partial charge is 0.313 e. The fourth-order valence-corrected chi connectivity index (χ4v) is 6.47. The number of benzene rings is 1. The molecule has 1 aromatic carbocycles. The lowest BCUT2D eigenvalue weighted by molar-refractivity contribution is -0.145. The van der Waals surface area contributed by atoms with E-state index in [1.807, 2.05) is 0 Å². The molecule has 0 bridgehead atoms. The third kappa shape index (κ3) is 4.64. The number of carbonyl (C=O) groups excluding carboxylic acids is 2. The summed E-state index contributed by atoms with van der Waals surface area (Å²) in [6.07, 6.45) is 6.22. The van der Waals surface area contributed by atoms with Gasteiger partial charge in [-0.3, -0.25) is 14.4 Å². The molecule has 0 saturated carbocycles. The number of rotatable bonds is 3. The molecule has 0 spiro atoms. The van der Waals surface area contributed by atoms with Crippen molar-refractivity contribution >= 4 is 50.2 Å².